The molecule has 0 N–H and O–H groups in total. The van der Waals surface area contributed by atoms with Crippen LogP contribution >= 0.6 is 0 Å². The number of rotatable bonds is 0. The van der Waals surface area contributed by atoms with E-state index in [4.69, 9.17) is 14.2 Å². The Morgan fingerprint density at radius 1 is 1.45 bits per heavy atom. The highest BCUT2D eigenvalue weighted by molar-refractivity contribution is 5.91. The molecule has 5 atom stereocenters. The maximum Gasteiger partial charge on any atom is 0.411 e. The highest BCUT2D eigenvalue weighted by atomic mass is 16.7. The zero-order valence-electron chi connectivity index (χ0n) is 11.9. The Labute approximate surface area is 117 Å². The van der Waals surface area contributed by atoms with Crippen molar-refractivity contribution in [3.05, 3.63) is 0 Å². The number of carbonyl (C=O) groups excluding carboxylic acids is 2. The third-order valence-corrected chi connectivity index (χ3v) is 4.60. The smallest absolute Gasteiger partial charge is 0.411 e. The van der Waals surface area contributed by atoms with Gasteiger partial charge in [0.05, 0.1) is 6.10 Å². The lowest BCUT2D eigenvalue weighted by molar-refractivity contribution is -0.166. The number of carbonyl (C=O) groups is 2. The molecule has 2 bridgehead atoms. The van der Waals surface area contributed by atoms with Crippen LogP contribution in [0, 0.1) is 0 Å². The van der Waals surface area contributed by atoms with Crippen molar-refractivity contribution in [1.29, 1.82) is 0 Å². The molecule has 1 spiro atoms. The summed E-state index contributed by atoms with van der Waals surface area (Å²) in [6, 6.07) is -0.536. The summed E-state index contributed by atoms with van der Waals surface area (Å²) in [5.41, 5.74) is -1.18. The average Bonchev–Trinajstić information content (AvgIpc) is 2.97. The van der Waals surface area contributed by atoms with E-state index in [0.717, 1.165) is 0 Å². The van der Waals surface area contributed by atoms with E-state index >= 15 is 0 Å². The standard InChI is InChI=1S/C14H19NO5/c1-13(2,3)20-12(17)15-5-4-14-10(15)7(16)6-8(19-14)9-11(14)18-9/h8-11H,4-6H2,1-3H3. The molecule has 110 valence electrons. The van der Waals surface area contributed by atoms with Crippen LogP contribution in [0.2, 0.25) is 0 Å². The molecule has 5 unspecified atom stereocenters. The van der Waals surface area contributed by atoms with Crippen molar-refractivity contribution >= 4 is 11.9 Å². The maximum atomic E-state index is 12.4. The van der Waals surface area contributed by atoms with Crippen molar-refractivity contribution < 1.29 is 23.8 Å². The molecule has 4 aliphatic heterocycles. The van der Waals surface area contributed by atoms with E-state index in [1.807, 2.05) is 20.8 Å². The number of Topliss-reactive ketones (excluding diaryl/α,β-unsaturated/α-hetero) is 1. The quantitative estimate of drug-likeness (QED) is 0.616. The Kier molecular flexibility index (Phi) is 2.23. The molecule has 0 aliphatic carbocycles. The van der Waals surface area contributed by atoms with Crippen LogP contribution in [0.15, 0.2) is 0 Å². The number of hydrogen-bond donors (Lipinski definition) is 0. The van der Waals surface area contributed by atoms with Crippen LogP contribution in [0.1, 0.15) is 33.6 Å². The molecule has 0 aromatic rings. The number of likely N-dealkylation sites (tertiary alicyclic amines) is 1. The summed E-state index contributed by atoms with van der Waals surface area (Å²) in [5, 5.41) is 0. The Morgan fingerprint density at radius 3 is 2.90 bits per heavy atom. The number of epoxide rings is 1. The van der Waals surface area contributed by atoms with Crippen LogP contribution in [-0.4, -0.2) is 58.9 Å². The van der Waals surface area contributed by atoms with E-state index < -0.39 is 23.3 Å². The monoisotopic (exact) mass is 281 g/mol. The maximum absolute atomic E-state index is 12.4. The molecule has 4 rings (SSSR count). The third kappa shape index (κ3) is 1.52. The van der Waals surface area contributed by atoms with Crippen molar-refractivity contribution in [3.63, 3.8) is 0 Å². The normalized spacial score (nSPS) is 45.1. The lowest BCUT2D eigenvalue weighted by Gasteiger charge is -2.39. The molecule has 0 aromatic heterocycles. The van der Waals surface area contributed by atoms with Crippen LogP contribution in [0.4, 0.5) is 4.79 Å². The Hall–Kier alpha value is -1.14. The number of ketones is 1. The fourth-order valence-electron chi connectivity index (χ4n) is 3.89. The van der Waals surface area contributed by atoms with Crippen molar-refractivity contribution in [3.8, 4) is 0 Å². The SMILES string of the molecule is CC(C)(C)OC(=O)N1CCC23OC(CC(=O)C12)C1OC13. The minimum Gasteiger partial charge on any atom is -0.444 e. The highest BCUT2D eigenvalue weighted by Gasteiger charge is 2.76. The van der Waals surface area contributed by atoms with Gasteiger partial charge in [0.15, 0.2) is 5.78 Å². The first kappa shape index (κ1) is 12.6. The van der Waals surface area contributed by atoms with Gasteiger partial charge in [0, 0.05) is 13.0 Å². The average molecular weight is 281 g/mol. The van der Waals surface area contributed by atoms with Gasteiger partial charge in [-0.1, -0.05) is 0 Å². The minimum atomic E-state index is -0.610. The fourth-order valence-corrected chi connectivity index (χ4v) is 3.89. The predicted octanol–water partition coefficient (Wildman–Crippen LogP) is 0.874. The Bertz CT molecular complexity index is 498. The second kappa shape index (κ2) is 3.54. The molecule has 4 saturated heterocycles. The Balaban J connectivity index is 1.62. The first-order valence-corrected chi connectivity index (χ1v) is 7.17. The van der Waals surface area contributed by atoms with Gasteiger partial charge < -0.3 is 14.2 Å². The molecule has 4 heterocycles. The number of nitrogens with zero attached hydrogens (tertiary/aromatic N) is 1. The molecule has 4 fully saturated rings. The summed E-state index contributed by atoms with van der Waals surface area (Å²) in [6.07, 6.45) is 0.493. The first-order chi connectivity index (χ1) is 9.32. The minimum absolute atomic E-state index is 0.0172. The molecule has 0 radical (unpaired) electrons. The lowest BCUT2D eigenvalue weighted by Crippen LogP contribution is -2.58. The van der Waals surface area contributed by atoms with Crippen LogP contribution in [0.5, 0.6) is 0 Å². The van der Waals surface area contributed by atoms with E-state index in [-0.39, 0.29) is 24.1 Å². The molecule has 6 heteroatoms. The molecule has 0 saturated carbocycles. The molecule has 0 aromatic carbocycles. The van der Waals surface area contributed by atoms with E-state index in [9.17, 15) is 9.59 Å². The molecule has 6 nitrogen and oxygen atoms in total. The van der Waals surface area contributed by atoms with E-state index in [0.29, 0.717) is 19.4 Å². The summed E-state index contributed by atoms with van der Waals surface area (Å²) in [6.45, 7) is 5.95. The van der Waals surface area contributed by atoms with Gasteiger partial charge >= 0.3 is 6.09 Å². The van der Waals surface area contributed by atoms with Gasteiger partial charge in [-0.05, 0) is 27.2 Å². The molecular weight excluding hydrogens is 262 g/mol. The molecular formula is C14H19NO5. The topological polar surface area (TPSA) is 68.4 Å². The lowest BCUT2D eigenvalue weighted by atomic mass is 9.88. The van der Waals surface area contributed by atoms with Gasteiger partial charge in [-0.25, -0.2) is 4.79 Å². The van der Waals surface area contributed by atoms with Gasteiger partial charge in [-0.2, -0.15) is 0 Å². The number of fused-ring (bicyclic) bond motifs is 3. The van der Waals surface area contributed by atoms with Crippen molar-refractivity contribution in [1.82, 2.24) is 4.90 Å². The van der Waals surface area contributed by atoms with Gasteiger partial charge in [0.25, 0.3) is 0 Å². The van der Waals surface area contributed by atoms with Gasteiger partial charge in [-0.15, -0.1) is 0 Å². The van der Waals surface area contributed by atoms with Gasteiger partial charge in [-0.3, -0.25) is 9.69 Å². The van der Waals surface area contributed by atoms with Crippen LogP contribution in [-0.2, 0) is 19.0 Å². The molecule has 1 amide bonds. The number of hydrogen-bond acceptors (Lipinski definition) is 5. The van der Waals surface area contributed by atoms with Crippen LogP contribution < -0.4 is 0 Å². The van der Waals surface area contributed by atoms with Crippen LogP contribution in [0.25, 0.3) is 0 Å². The predicted molar refractivity (Wildman–Crippen MR) is 67.2 cm³/mol. The summed E-state index contributed by atoms with van der Waals surface area (Å²) in [4.78, 5) is 26.2. The highest BCUT2D eigenvalue weighted by Crippen LogP contribution is 2.57. The molecule has 4 aliphatic rings. The van der Waals surface area contributed by atoms with Crippen molar-refractivity contribution in [2.75, 3.05) is 6.54 Å². The summed E-state index contributed by atoms with van der Waals surface area (Å²) < 4.78 is 17.1. The number of ether oxygens (including phenoxy) is 3. The first-order valence-electron chi connectivity index (χ1n) is 7.17. The second-order valence-electron chi connectivity index (χ2n) is 7.13. The van der Waals surface area contributed by atoms with Crippen LogP contribution in [0.3, 0.4) is 0 Å². The zero-order valence-corrected chi connectivity index (χ0v) is 11.9. The van der Waals surface area contributed by atoms with Crippen molar-refractivity contribution in [2.45, 2.75) is 69.2 Å². The Morgan fingerprint density at radius 2 is 2.20 bits per heavy atom. The summed E-state index contributed by atoms with van der Waals surface area (Å²) in [7, 11) is 0. The summed E-state index contributed by atoms with van der Waals surface area (Å²) in [5.74, 6) is 0.0837. The van der Waals surface area contributed by atoms with Gasteiger partial charge in [0.2, 0.25) is 0 Å². The third-order valence-electron chi connectivity index (χ3n) is 4.60. The number of amides is 1. The van der Waals surface area contributed by atoms with Crippen molar-refractivity contribution in [2.24, 2.45) is 0 Å². The van der Waals surface area contributed by atoms with E-state index in [2.05, 4.69) is 0 Å². The molecule has 20 heavy (non-hydrogen) atoms. The van der Waals surface area contributed by atoms with E-state index in [1.165, 1.54) is 4.90 Å². The van der Waals surface area contributed by atoms with E-state index in [1.54, 1.807) is 0 Å². The largest absolute Gasteiger partial charge is 0.444 e. The zero-order chi connectivity index (χ0) is 14.3. The fraction of sp³-hybridized carbons (Fsp3) is 0.857. The van der Waals surface area contributed by atoms with Gasteiger partial charge in [0.1, 0.15) is 29.5 Å². The summed E-state index contributed by atoms with van der Waals surface area (Å²) >= 11 is 0. The second-order valence-corrected chi connectivity index (χ2v) is 7.13.